The summed E-state index contributed by atoms with van der Waals surface area (Å²) >= 11 is 5.80. The van der Waals surface area contributed by atoms with Crippen LogP contribution in [0.4, 0.5) is 4.39 Å². The highest BCUT2D eigenvalue weighted by Crippen LogP contribution is 2.16. The molecular weight excluding hydrogens is 333 g/mol. The van der Waals surface area contributed by atoms with Crippen molar-refractivity contribution in [2.24, 2.45) is 0 Å². The molecule has 0 atom stereocenters. The van der Waals surface area contributed by atoms with Crippen LogP contribution in [-0.2, 0) is 17.8 Å². The molecule has 3 rings (SSSR count). The maximum atomic E-state index is 12.9. The van der Waals surface area contributed by atoms with E-state index >= 15 is 0 Å². The van der Waals surface area contributed by atoms with Gasteiger partial charge in [0.2, 0.25) is 17.6 Å². The smallest absolute Gasteiger partial charge is 0.246 e. The topological polar surface area (TPSA) is 68.0 Å². The van der Waals surface area contributed by atoms with Crippen LogP contribution >= 0.6 is 11.6 Å². The van der Waals surface area contributed by atoms with Crippen LogP contribution in [-0.4, -0.2) is 16.0 Å². The molecule has 7 heteroatoms. The first-order valence-electron chi connectivity index (χ1n) is 7.20. The van der Waals surface area contributed by atoms with E-state index in [-0.39, 0.29) is 30.6 Å². The van der Waals surface area contributed by atoms with Crippen LogP contribution < -0.4 is 5.32 Å². The normalized spacial score (nSPS) is 10.6. The van der Waals surface area contributed by atoms with E-state index in [2.05, 4.69) is 15.5 Å². The fraction of sp³-hybridized carbons (Fsp3) is 0.118. The summed E-state index contributed by atoms with van der Waals surface area (Å²) in [5.41, 5.74) is 1.49. The van der Waals surface area contributed by atoms with E-state index in [9.17, 15) is 9.18 Å². The van der Waals surface area contributed by atoms with Crippen molar-refractivity contribution in [3.63, 3.8) is 0 Å². The fourth-order valence-electron chi connectivity index (χ4n) is 2.07. The lowest BCUT2D eigenvalue weighted by atomic mass is 10.1. The Labute approximate surface area is 142 Å². The molecule has 0 saturated heterocycles. The highest BCUT2D eigenvalue weighted by Gasteiger charge is 2.10. The molecule has 1 heterocycles. The number of benzene rings is 2. The van der Waals surface area contributed by atoms with E-state index < -0.39 is 0 Å². The van der Waals surface area contributed by atoms with Gasteiger partial charge in [0.15, 0.2) is 0 Å². The van der Waals surface area contributed by atoms with Gasteiger partial charge < -0.3 is 9.84 Å². The molecule has 0 aliphatic heterocycles. The zero-order valence-corrected chi connectivity index (χ0v) is 13.3. The van der Waals surface area contributed by atoms with Crippen molar-refractivity contribution in [2.75, 3.05) is 0 Å². The van der Waals surface area contributed by atoms with Crippen LogP contribution in [0.25, 0.3) is 11.4 Å². The van der Waals surface area contributed by atoms with E-state index in [1.807, 2.05) is 0 Å². The Morgan fingerprint density at radius 2 is 1.83 bits per heavy atom. The van der Waals surface area contributed by atoms with Gasteiger partial charge >= 0.3 is 0 Å². The Balaban J connectivity index is 1.56. The zero-order valence-electron chi connectivity index (χ0n) is 12.5. The molecule has 24 heavy (non-hydrogen) atoms. The average Bonchev–Trinajstić information content (AvgIpc) is 3.05. The number of rotatable bonds is 5. The number of hydrogen-bond acceptors (Lipinski definition) is 4. The Morgan fingerprint density at radius 3 is 2.54 bits per heavy atom. The molecule has 122 valence electrons. The van der Waals surface area contributed by atoms with Crippen LogP contribution in [0, 0.1) is 5.82 Å². The van der Waals surface area contributed by atoms with Gasteiger partial charge in [-0.15, -0.1) is 0 Å². The molecule has 1 aromatic heterocycles. The summed E-state index contributed by atoms with van der Waals surface area (Å²) in [4.78, 5) is 16.1. The molecule has 5 nitrogen and oxygen atoms in total. The van der Waals surface area contributed by atoms with Gasteiger partial charge in [0.1, 0.15) is 5.82 Å². The van der Waals surface area contributed by atoms with E-state index in [1.54, 1.807) is 36.4 Å². The molecule has 0 unspecified atom stereocenters. The third kappa shape index (κ3) is 4.17. The van der Waals surface area contributed by atoms with Crippen LogP contribution in [0.5, 0.6) is 0 Å². The molecule has 3 aromatic rings. The molecule has 0 aliphatic rings. The Morgan fingerprint density at radius 1 is 1.12 bits per heavy atom. The number of nitrogens with one attached hydrogen (secondary N) is 1. The third-order valence-electron chi connectivity index (χ3n) is 3.29. The van der Waals surface area contributed by atoms with Crippen molar-refractivity contribution in [3.05, 3.63) is 70.8 Å². The van der Waals surface area contributed by atoms with E-state index in [1.165, 1.54) is 12.1 Å². The lowest BCUT2D eigenvalue weighted by Crippen LogP contribution is -2.24. The average molecular weight is 346 g/mol. The summed E-state index contributed by atoms with van der Waals surface area (Å²) in [7, 11) is 0. The summed E-state index contributed by atoms with van der Waals surface area (Å²) < 4.78 is 18.0. The maximum absolute atomic E-state index is 12.9. The molecule has 0 spiro atoms. The first kappa shape index (κ1) is 16.1. The summed E-state index contributed by atoms with van der Waals surface area (Å²) in [5.74, 6) is 0.117. The monoisotopic (exact) mass is 345 g/mol. The van der Waals surface area contributed by atoms with E-state index in [0.29, 0.717) is 16.4 Å². The second-order valence-electron chi connectivity index (χ2n) is 5.10. The van der Waals surface area contributed by atoms with Gasteiger partial charge in [0, 0.05) is 10.6 Å². The Kier molecular flexibility index (Phi) is 4.86. The number of nitrogens with zero attached hydrogens (tertiary/aromatic N) is 2. The van der Waals surface area contributed by atoms with Gasteiger partial charge in [0.25, 0.3) is 0 Å². The van der Waals surface area contributed by atoms with Crippen molar-refractivity contribution < 1.29 is 13.7 Å². The summed E-state index contributed by atoms with van der Waals surface area (Å²) in [6.45, 7) is 0.126. The van der Waals surface area contributed by atoms with E-state index in [4.69, 9.17) is 16.1 Å². The second-order valence-corrected chi connectivity index (χ2v) is 5.54. The molecule has 1 amide bonds. The van der Waals surface area contributed by atoms with E-state index in [0.717, 1.165) is 5.56 Å². The van der Waals surface area contributed by atoms with Crippen LogP contribution in [0.15, 0.2) is 53.1 Å². The van der Waals surface area contributed by atoms with Gasteiger partial charge in [-0.1, -0.05) is 28.9 Å². The molecule has 2 aromatic carbocycles. The summed E-state index contributed by atoms with van der Waals surface area (Å²) in [6, 6.07) is 12.8. The minimum atomic E-state index is -0.336. The molecule has 0 aliphatic carbocycles. The predicted molar refractivity (Wildman–Crippen MR) is 86.7 cm³/mol. The maximum Gasteiger partial charge on any atom is 0.246 e. The van der Waals surface area contributed by atoms with Gasteiger partial charge in [-0.3, -0.25) is 4.79 Å². The van der Waals surface area contributed by atoms with Crippen molar-refractivity contribution in [2.45, 2.75) is 13.0 Å². The zero-order chi connectivity index (χ0) is 16.9. The van der Waals surface area contributed by atoms with Crippen LogP contribution in [0.2, 0.25) is 5.02 Å². The second kappa shape index (κ2) is 7.23. The summed E-state index contributed by atoms with van der Waals surface area (Å²) in [5, 5.41) is 7.14. The van der Waals surface area contributed by atoms with Crippen LogP contribution in [0.3, 0.4) is 0 Å². The lowest BCUT2D eigenvalue weighted by molar-refractivity contribution is -0.120. The number of carbonyl (C=O) groups is 1. The largest absolute Gasteiger partial charge is 0.347 e. The van der Waals surface area contributed by atoms with Crippen molar-refractivity contribution in [1.29, 1.82) is 0 Å². The highest BCUT2D eigenvalue weighted by molar-refractivity contribution is 6.30. The first-order valence-corrected chi connectivity index (χ1v) is 7.57. The highest BCUT2D eigenvalue weighted by atomic mass is 35.5. The van der Waals surface area contributed by atoms with Gasteiger partial charge in [0.05, 0.1) is 13.0 Å². The Bertz CT molecular complexity index is 832. The van der Waals surface area contributed by atoms with Crippen molar-refractivity contribution >= 4 is 17.5 Å². The molecule has 0 bridgehead atoms. The first-order chi connectivity index (χ1) is 11.6. The number of carbonyl (C=O) groups excluding carboxylic acids is 1. The van der Waals surface area contributed by atoms with Crippen molar-refractivity contribution in [3.8, 4) is 11.4 Å². The number of aromatic nitrogens is 2. The van der Waals surface area contributed by atoms with Gasteiger partial charge in [-0.25, -0.2) is 4.39 Å². The number of halogens is 2. The predicted octanol–water partition coefficient (Wildman–Crippen LogP) is 3.39. The number of amides is 1. The third-order valence-corrected chi connectivity index (χ3v) is 3.54. The van der Waals surface area contributed by atoms with Gasteiger partial charge in [-0.05, 0) is 42.0 Å². The molecule has 0 saturated carbocycles. The van der Waals surface area contributed by atoms with Gasteiger partial charge in [-0.2, -0.15) is 4.98 Å². The lowest BCUT2D eigenvalue weighted by Gasteiger charge is -2.02. The Hall–Kier alpha value is -2.73. The summed E-state index contributed by atoms with van der Waals surface area (Å²) in [6.07, 6.45) is 0.232. The molecule has 1 N–H and O–H groups in total. The SMILES string of the molecule is O=C(Cc1ccc(Cl)cc1)NCc1nc(-c2ccc(F)cc2)no1. The minimum Gasteiger partial charge on any atom is -0.347 e. The molecule has 0 radical (unpaired) electrons. The molecular formula is C17H13ClFN3O2. The minimum absolute atomic E-state index is 0.126. The molecule has 0 fully saturated rings. The van der Waals surface area contributed by atoms with Crippen molar-refractivity contribution in [1.82, 2.24) is 15.5 Å². The fourth-order valence-corrected chi connectivity index (χ4v) is 2.19. The standard InChI is InChI=1S/C17H13ClFN3O2/c18-13-5-1-11(2-6-13)9-15(23)20-10-16-21-17(22-24-16)12-3-7-14(19)8-4-12/h1-8H,9-10H2,(H,20,23). The quantitative estimate of drug-likeness (QED) is 0.769. The number of hydrogen-bond donors (Lipinski definition) is 1. The van der Waals surface area contributed by atoms with Crippen LogP contribution in [0.1, 0.15) is 11.5 Å².